The van der Waals surface area contributed by atoms with E-state index in [4.69, 9.17) is 28.7 Å². The van der Waals surface area contributed by atoms with Crippen LogP contribution in [0.5, 0.6) is 5.88 Å². The fourth-order valence-electron chi connectivity index (χ4n) is 7.35. The summed E-state index contributed by atoms with van der Waals surface area (Å²) in [6.07, 6.45) is -0.0976. The number of hydrogen-bond acceptors (Lipinski definition) is 11. The molecule has 0 radical (unpaired) electrons. The number of amides is 3. The van der Waals surface area contributed by atoms with E-state index in [9.17, 15) is 18.8 Å². The molecule has 0 saturated carbocycles. The Morgan fingerprint density at radius 2 is 1.65 bits per heavy atom. The van der Waals surface area contributed by atoms with Crippen molar-refractivity contribution in [3.05, 3.63) is 53.0 Å². The molecule has 0 bridgehead atoms. The molecule has 0 spiro atoms. The van der Waals surface area contributed by atoms with Gasteiger partial charge in [-0.3, -0.25) is 19.4 Å². The Morgan fingerprint density at radius 3 is 2.33 bits per heavy atom. The summed E-state index contributed by atoms with van der Waals surface area (Å²) < 4.78 is 42.0. The number of methoxy groups -OCH3 is 1. The Morgan fingerprint density at radius 1 is 0.945 bits per heavy atom. The molecule has 2 saturated heterocycles. The predicted molar refractivity (Wildman–Crippen MR) is 205 cm³/mol. The van der Waals surface area contributed by atoms with Crippen LogP contribution in [-0.4, -0.2) is 153 Å². The molecule has 0 aliphatic carbocycles. The first-order chi connectivity index (χ1) is 26.1. The number of piperazine rings is 1. The quantitative estimate of drug-likeness (QED) is 0.299. The minimum atomic E-state index is -0.644. The van der Waals surface area contributed by atoms with Crippen LogP contribution in [0.3, 0.4) is 0 Å². The lowest BCUT2D eigenvalue weighted by Gasteiger charge is -2.49. The highest BCUT2D eigenvalue weighted by atomic mass is 19.1. The van der Waals surface area contributed by atoms with Gasteiger partial charge in [0.15, 0.2) is 0 Å². The number of morpholine rings is 1. The van der Waals surface area contributed by atoms with Gasteiger partial charge in [0.05, 0.1) is 45.6 Å². The minimum absolute atomic E-state index is 0.0899. The number of benzene rings is 1. The summed E-state index contributed by atoms with van der Waals surface area (Å²) in [7, 11) is 1.59. The monoisotopic (exact) mass is 770 g/mol. The van der Waals surface area contributed by atoms with Crippen LogP contribution in [0.15, 0.2) is 30.3 Å². The van der Waals surface area contributed by atoms with Crippen LogP contribution >= 0.6 is 0 Å². The molecular weight excluding hydrogens is 711 g/mol. The molecule has 3 amide bonds. The van der Waals surface area contributed by atoms with Gasteiger partial charge in [-0.05, 0) is 84.2 Å². The van der Waals surface area contributed by atoms with Crippen LogP contribution in [0.25, 0.3) is 0 Å². The van der Waals surface area contributed by atoms with E-state index in [1.165, 1.54) is 12.1 Å². The van der Waals surface area contributed by atoms with Gasteiger partial charge >= 0.3 is 6.09 Å². The maximum atomic E-state index is 14.6. The topological polar surface area (TPSA) is 135 Å². The SMILES string of the molecule is COCCOCCNC(=O)c1nc2c(cc1Cc1ccc(F)cc1)N(C(=O)CN1C[C@@H](C)N(C(=O)OC(C)(C)C)C[C@@H]1CN1[C@H](C)COC[C@H]1C)[C@@H](C)CO2. The summed E-state index contributed by atoms with van der Waals surface area (Å²) in [5.74, 6) is -0.745. The molecule has 304 valence electrons. The third-order valence-corrected chi connectivity index (χ3v) is 10.2. The van der Waals surface area contributed by atoms with E-state index in [0.29, 0.717) is 63.9 Å². The minimum Gasteiger partial charge on any atom is -0.474 e. The molecule has 14 nitrogen and oxygen atoms in total. The van der Waals surface area contributed by atoms with Crippen LogP contribution in [-0.2, 0) is 30.2 Å². The van der Waals surface area contributed by atoms with Crippen LogP contribution in [0, 0.1) is 5.82 Å². The molecule has 5 atom stereocenters. The van der Waals surface area contributed by atoms with Crippen molar-refractivity contribution in [3.8, 4) is 5.88 Å². The summed E-state index contributed by atoms with van der Waals surface area (Å²) in [6, 6.07) is 7.50. The second kappa shape index (κ2) is 18.8. The fraction of sp³-hybridized carbons (Fsp3) is 0.650. The van der Waals surface area contributed by atoms with Crippen LogP contribution in [0.4, 0.5) is 14.9 Å². The summed E-state index contributed by atoms with van der Waals surface area (Å²) in [5, 5.41) is 2.87. The molecule has 55 heavy (non-hydrogen) atoms. The zero-order valence-corrected chi connectivity index (χ0v) is 33.6. The number of carbonyl (C=O) groups is 3. The van der Waals surface area contributed by atoms with E-state index < -0.39 is 11.5 Å². The number of nitrogens with zero attached hydrogens (tertiary/aromatic N) is 5. The number of halogens is 1. The van der Waals surface area contributed by atoms with Gasteiger partial charge in [-0.2, -0.15) is 0 Å². The van der Waals surface area contributed by atoms with E-state index >= 15 is 0 Å². The molecule has 2 fully saturated rings. The lowest BCUT2D eigenvalue weighted by molar-refractivity contribution is -0.123. The summed E-state index contributed by atoms with van der Waals surface area (Å²) in [4.78, 5) is 54.3. The van der Waals surface area contributed by atoms with Crippen molar-refractivity contribution in [2.75, 3.05) is 84.4 Å². The number of fused-ring (bicyclic) bond motifs is 1. The van der Waals surface area contributed by atoms with E-state index in [0.717, 1.165) is 5.56 Å². The molecule has 15 heteroatoms. The fourth-order valence-corrected chi connectivity index (χ4v) is 7.35. The third kappa shape index (κ3) is 11.1. The predicted octanol–water partition coefficient (Wildman–Crippen LogP) is 3.74. The van der Waals surface area contributed by atoms with Crippen LogP contribution in [0.1, 0.15) is 70.1 Å². The second-order valence-corrected chi connectivity index (χ2v) is 15.9. The normalized spacial score (nSPS) is 23.5. The lowest BCUT2D eigenvalue weighted by atomic mass is 10.0. The molecule has 1 aromatic heterocycles. The largest absolute Gasteiger partial charge is 0.474 e. The number of aromatic nitrogens is 1. The van der Waals surface area contributed by atoms with Crippen molar-refractivity contribution >= 4 is 23.6 Å². The first-order valence-electron chi connectivity index (χ1n) is 19.3. The Bertz CT molecular complexity index is 1610. The van der Waals surface area contributed by atoms with Crippen molar-refractivity contribution in [2.24, 2.45) is 0 Å². The standard InChI is InChI=1S/C40H59FN6O8/c1-26-19-44(33(20-45-27(2)23-53-24-28(45)3)21-46(26)39(50)55-40(5,6)7)22-35(48)47-29(4)25-54-38-34(47)18-31(17-30-9-11-32(41)12-10-30)36(43-38)37(49)42-13-14-52-16-15-51-8/h9-12,18,26-29,33H,13-17,19-25H2,1-8H3,(H,42,49)/t26-,27-,28-,29+,33+/m1/s1. The highest BCUT2D eigenvalue weighted by Crippen LogP contribution is 2.36. The average molecular weight is 771 g/mol. The number of rotatable bonds is 13. The lowest BCUT2D eigenvalue weighted by Crippen LogP contribution is -2.65. The maximum absolute atomic E-state index is 14.6. The van der Waals surface area contributed by atoms with Gasteiger partial charge in [-0.15, -0.1) is 0 Å². The van der Waals surface area contributed by atoms with Crippen molar-refractivity contribution in [2.45, 2.75) is 90.7 Å². The molecule has 3 aliphatic heterocycles. The molecule has 1 N–H and O–H groups in total. The van der Waals surface area contributed by atoms with Crippen molar-refractivity contribution < 1.29 is 42.5 Å². The molecule has 0 unspecified atom stereocenters. The van der Waals surface area contributed by atoms with E-state index in [1.54, 1.807) is 35.1 Å². The Hall–Kier alpha value is -3.89. The Kier molecular flexibility index (Phi) is 14.5. The first kappa shape index (κ1) is 42.3. The van der Waals surface area contributed by atoms with Crippen LogP contribution in [0.2, 0.25) is 0 Å². The number of nitrogens with one attached hydrogen (secondary N) is 1. The Balaban J connectivity index is 1.42. The zero-order chi connectivity index (χ0) is 39.9. The molecule has 3 aliphatic rings. The van der Waals surface area contributed by atoms with Gasteiger partial charge in [0.2, 0.25) is 11.8 Å². The molecule has 2 aromatic rings. The number of carbonyl (C=O) groups excluding carboxylic acids is 3. The Labute approximate surface area is 324 Å². The number of pyridine rings is 1. The van der Waals surface area contributed by atoms with Crippen molar-refractivity contribution in [1.29, 1.82) is 0 Å². The van der Waals surface area contributed by atoms with Gasteiger partial charge in [0, 0.05) is 57.5 Å². The van der Waals surface area contributed by atoms with Crippen molar-refractivity contribution in [3.63, 3.8) is 0 Å². The third-order valence-electron chi connectivity index (χ3n) is 10.2. The maximum Gasteiger partial charge on any atom is 0.410 e. The zero-order valence-electron chi connectivity index (χ0n) is 33.6. The smallest absolute Gasteiger partial charge is 0.410 e. The highest BCUT2D eigenvalue weighted by Gasteiger charge is 2.41. The van der Waals surface area contributed by atoms with Crippen molar-refractivity contribution in [1.82, 2.24) is 25.0 Å². The first-order valence-corrected chi connectivity index (χ1v) is 19.3. The number of anilines is 1. The number of hydrogen-bond donors (Lipinski definition) is 1. The van der Waals surface area contributed by atoms with Gasteiger partial charge in [-0.1, -0.05) is 12.1 Å². The van der Waals surface area contributed by atoms with E-state index in [2.05, 4.69) is 29.0 Å². The highest BCUT2D eigenvalue weighted by molar-refractivity contribution is 5.99. The number of ether oxygens (including phenoxy) is 5. The summed E-state index contributed by atoms with van der Waals surface area (Å²) in [6.45, 7) is 18.1. The van der Waals surface area contributed by atoms with Crippen LogP contribution < -0.4 is 15.0 Å². The average Bonchev–Trinajstić information content (AvgIpc) is 3.12. The molecular formula is C40H59FN6O8. The van der Waals surface area contributed by atoms with Gasteiger partial charge in [0.25, 0.3) is 5.91 Å². The molecule has 4 heterocycles. The summed E-state index contributed by atoms with van der Waals surface area (Å²) in [5.41, 5.74) is 1.31. The van der Waals surface area contributed by atoms with Gasteiger partial charge < -0.3 is 38.8 Å². The second-order valence-electron chi connectivity index (χ2n) is 15.9. The molecule has 1 aromatic carbocycles. The molecule has 5 rings (SSSR count). The summed E-state index contributed by atoms with van der Waals surface area (Å²) >= 11 is 0. The van der Waals surface area contributed by atoms with E-state index in [-0.39, 0.29) is 85.7 Å². The van der Waals surface area contributed by atoms with E-state index in [1.807, 2.05) is 34.6 Å². The van der Waals surface area contributed by atoms with Gasteiger partial charge in [0.1, 0.15) is 29.4 Å². The van der Waals surface area contributed by atoms with Gasteiger partial charge in [-0.25, -0.2) is 14.2 Å².